The summed E-state index contributed by atoms with van der Waals surface area (Å²) >= 11 is 0. The smallest absolute Gasteiger partial charge is 0.0991 e. The van der Waals surface area contributed by atoms with E-state index in [1.165, 1.54) is 18.4 Å². The summed E-state index contributed by atoms with van der Waals surface area (Å²) in [5.41, 5.74) is 1.94. The van der Waals surface area contributed by atoms with E-state index in [0.717, 1.165) is 38.3 Å². The Morgan fingerprint density at radius 2 is 2.32 bits per heavy atom. The van der Waals surface area contributed by atoms with E-state index in [2.05, 4.69) is 17.0 Å². The molecule has 1 aliphatic carbocycles. The summed E-state index contributed by atoms with van der Waals surface area (Å²) in [4.78, 5) is 2.52. The van der Waals surface area contributed by atoms with Crippen molar-refractivity contribution in [3.8, 4) is 6.07 Å². The van der Waals surface area contributed by atoms with Crippen LogP contribution in [0, 0.1) is 17.2 Å². The quantitative estimate of drug-likeness (QED) is 0.857. The van der Waals surface area contributed by atoms with Crippen molar-refractivity contribution in [3.63, 3.8) is 0 Å². The van der Waals surface area contributed by atoms with Crippen LogP contribution in [0.25, 0.3) is 0 Å². The largest absolute Gasteiger partial charge is 0.381 e. The van der Waals surface area contributed by atoms with Crippen LogP contribution in [-0.2, 0) is 16.0 Å². The number of hydrogen-bond donors (Lipinski definition) is 0. The zero-order valence-corrected chi connectivity index (χ0v) is 13.2. The van der Waals surface area contributed by atoms with Gasteiger partial charge < -0.3 is 9.47 Å². The van der Waals surface area contributed by atoms with Crippen LogP contribution in [0.3, 0.4) is 0 Å². The molecule has 2 fully saturated rings. The molecule has 22 heavy (non-hydrogen) atoms. The Hall–Kier alpha value is -1.41. The molecule has 1 heterocycles. The molecule has 1 saturated carbocycles. The molecule has 0 N–H and O–H groups in total. The molecular weight excluding hydrogens is 276 g/mol. The maximum absolute atomic E-state index is 9.06. The highest BCUT2D eigenvalue weighted by Gasteiger charge is 2.38. The molecule has 1 saturated heterocycles. The van der Waals surface area contributed by atoms with Gasteiger partial charge in [0, 0.05) is 32.2 Å². The summed E-state index contributed by atoms with van der Waals surface area (Å²) in [6, 6.07) is 10.6. The number of benzene rings is 1. The second-order valence-corrected chi connectivity index (χ2v) is 6.29. The molecule has 0 amide bonds. The minimum absolute atomic E-state index is 0.361. The van der Waals surface area contributed by atoms with E-state index in [4.69, 9.17) is 14.7 Å². The van der Waals surface area contributed by atoms with Crippen molar-refractivity contribution in [1.82, 2.24) is 4.90 Å². The van der Waals surface area contributed by atoms with Crippen LogP contribution in [0.15, 0.2) is 24.3 Å². The summed E-state index contributed by atoms with van der Waals surface area (Å²) in [6.45, 7) is 3.42. The Morgan fingerprint density at radius 1 is 1.41 bits per heavy atom. The van der Waals surface area contributed by atoms with Crippen LogP contribution in [0.5, 0.6) is 0 Å². The summed E-state index contributed by atoms with van der Waals surface area (Å²) in [6.07, 6.45) is 3.99. The Balaban J connectivity index is 1.73. The van der Waals surface area contributed by atoms with Gasteiger partial charge in [0.25, 0.3) is 0 Å². The molecule has 0 spiro atoms. The second kappa shape index (κ2) is 7.23. The molecule has 1 aromatic carbocycles. The monoisotopic (exact) mass is 300 g/mol. The standard InChI is InChI=1S/C18H24N2O2/c1-21-18-7-3-6-16(18)17-13-22-9-8-20(17)12-15-5-2-4-14(10-15)11-19/h2,4-5,10,16-18H,3,6-9,12-13H2,1H3/t16-,17-,18-/m1/s1. The maximum atomic E-state index is 9.06. The van der Waals surface area contributed by atoms with Crippen molar-refractivity contribution in [2.75, 3.05) is 26.9 Å². The predicted molar refractivity (Wildman–Crippen MR) is 84.3 cm³/mol. The molecule has 0 radical (unpaired) electrons. The number of methoxy groups -OCH3 is 1. The highest BCUT2D eigenvalue weighted by molar-refractivity contribution is 5.32. The number of morpholine rings is 1. The molecule has 4 nitrogen and oxygen atoms in total. The van der Waals surface area contributed by atoms with E-state index in [1.807, 2.05) is 25.3 Å². The Kier molecular flexibility index (Phi) is 5.09. The zero-order chi connectivity index (χ0) is 15.4. The zero-order valence-electron chi connectivity index (χ0n) is 13.2. The summed E-state index contributed by atoms with van der Waals surface area (Å²) in [7, 11) is 1.83. The van der Waals surface area contributed by atoms with Crippen LogP contribution in [0.2, 0.25) is 0 Å². The lowest BCUT2D eigenvalue weighted by Crippen LogP contribution is -2.50. The summed E-state index contributed by atoms with van der Waals surface area (Å²) < 4.78 is 11.4. The lowest BCUT2D eigenvalue weighted by molar-refractivity contribution is -0.0608. The molecular formula is C18H24N2O2. The third kappa shape index (κ3) is 3.33. The van der Waals surface area contributed by atoms with Gasteiger partial charge in [-0.25, -0.2) is 0 Å². The van der Waals surface area contributed by atoms with Gasteiger partial charge in [0.2, 0.25) is 0 Å². The summed E-state index contributed by atoms with van der Waals surface area (Å²) in [5.74, 6) is 0.560. The van der Waals surface area contributed by atoms with Gasteiger partial charge in [0.15, 0.2) is 0 Å². The van der Waals surface area contributed by atoms with Gasteiger partial charge in [-0.1, -0.05) is 18.6 Å². The first-order valence-electron chi connectivity index (χ1n) is 8.15. The van der Waals surface area contributed by atoms with Crippen LogP contribution in [0.4, 0.5) is 0 Å². The first-order valence-corrected chi connectivity index (χ1v) is 8.15. The third-order valence-corrected chi connectivity index (χ3v) is 5.02. The van der Waals surface area contributed by atoms with E-state index in [-0.39, 0.29) is 0 Å². The van der Waals surface area contributed by atoms with E-state index >= 15 is 0 Å². The highest BCUT2D eigenvalue weighted by atomic mass is 16.5. The fraction of sp³-hybridized carbons (Fsp3) is 0.611. The lowest BCUT2D eigenvalue weighted by atomic mass is 9.93. The number of nitrogens with zero attached hydrogens (tertiary/aromatic N) is 2. The van der Waals surface area contributed by atoms with E-state index in [9.17, 15) is 0 Å². The molecule has 0 unspecified atom stereocenters. The predicted octanol–water partition coefficient (Wildman–Crippen LogP) is 2.57. The minimum Gasteiger partial charge on any atom is -0.381 e. The molecule has 3 atom stereocenters. The molecule has 2 aliphatic rings. The molecule has 118 valence electrons. The van der Waals surface area contributed by atoms with Crippen molar-refractivity contribution < 1.29 is 9.47 Å². The minimum atomic E-state index is 0.361. The average Bonchev–Trinajstić information content (AvgIpc) is 3.04. The molecule has 0 bridgehead atoms. The SMILES string of the molecule is CO[C@@H]1CCC[C@@H]1[C@H]1COCCN1Cc1cccc(C#N)c1. The molecule has 1 aromatic rings. The first kappa shape index (κ1) is 15.5. The molecule has 1 aliphatic heterocycles. The fourth-order valence-electron chi connectivity index (χ4n) is 3.91. The molecule has 4 heteroatoms. The van der Waals surface area contributed by atoms with Crippen molar-refractivity contribution >= 4 is 0 Å². The van der Waals surface area contributed by atoms with Crippen LogP contribution in [0.1, 0.15) is 30.4 Å². The van der Waals surface area contributed by atoms with Gasteiger partial charge in [-0.15, -0.1) is 0 Å². The van der Waals surface area contributed by atoms with E-state index < -0.39 is 0 Å². The van der Waals surface area contributed by atoms with Crippen LogP contribution < -0.4 is 0 Å². The number of hydrogen-bond acceptors (Lipinski definition) is 4. The topological polar surface area (TPSA) is 45.5 Å². The van der Waals surface area contributed by atoms with E-state index in [0.29, 0.717) is 18.1 Å². The maximum Gasteiger partial charge on any atom is 0.0991 e. The fourth-order valence-corrected chi connectivity index (χ4v) is 3.91. The van der Waals surface area contributed by atoms with Gasteiger partial charge in [0.05, 0.1) is 31.0 Å². The lowest BCUT2D eigenvalue weighted by Gasteiger charge is -2.40. The number of rotatable bonds is 4. The Labute approximate surface area is 132 Å². The van der Waals surface area contributed by atoms with E-state index in [1.54, 1.807) is 0 Å². The van der Waals surface area contributed by atoms with Crippen molar-refractivity contribution in [2.45, 2.75) is 38.0 Å². The highest BCUT2D eigenvalue weighted by Crippen LogP contribution is 2.34. The van der Waals surface area contributed by atoms with Gasteiger partial charge in [-0.05, 0) is 30.5 Å². The van der Waals surface area contributed by atoms with Gasteiger partial charge >= 0.3 is 0 Å². The average molecular weight is 300 g/mol. The van der Waals surface area contributed by atoms with Crippen LogP contribution in [-0.4, -0.2) is 43.9 Å². The number of ether oxygens (including phenoxy) is 2. The Morgan fingerprint density at radius 3 is 3.14 bits per heavy atom. The molecule has 3 rings (SSSR count). The van der Waals surface area contributed by atoms with Gasteiger partial charge in [-0.3, -0.25) is 4.90 Å². The third-order valence-electron chi connectivity index (χ3n) is 5.02. The van der Waals surface area contributed by atoms with Crippen LogP contribution >= 0.6 is 0 Å². The van der Waals surface area contributed by atoms with Crippen molar-refractivity contribution in [1.29, 1.82) is 5.26 Å². The Bertz CT molecular complexity index is 540. The summed E-state index contributed by atoms with van der Waals surface area (Å²) in [5, 5.41) is 9.06. The first-order chi connectivity index (χ1) is 10.8. The van der Waals surface area contributed by atoms with Crippen molar-refractivity contribution in [3.05, 3.63) is 35.4 Å². The normalized spacial score (nSPS) is 29.4. The van der Waals surface area contributed by atoms with Gasteiger partial charge in [0.1, 0.15) is 0 Å². The number of nitriles is 1. The molecule has 0 aromatic heterocycles. The van der Waals surface area contributed by atoms with Crippen molar-refractivity contribution in [2.24, 2.45) is 5.92 Å². The second-order valence-electron chi connectivity index (χ2n) is 6.29. The van der Waals surface area contributed by atoms with Gasteiger partial charge in [-0.2, -0.15) is 5.26 Å².